The average Bonchev–Trinajstić information content (AvgIpc) is 2.54. The van der Waals surface area contributed by atoms with Gasteiger partial charge in [-0.3, -0.25) is 14.9 Å². The van der Waals surface area contributed by atoms with Crippen molar-refractivity contribution in [1.29, 1.82) is 0 Å². The molecular weight excluding hydrogens is 340 g/mol. The van der Waals surface area contributed by atoms with E-state index in [1.54, 1.807) is 0 Å². The van der Waals surface area contributed by atoms with Gasteiger partial charge in [-0.1, -0.05) is 0 Å². The Morgan fingerprint density at radius 1 is 0.880 bits per heavy atom. The Morgan fingerprint density at radius 3 is 1.92 bits per heavy atom. The molecule has 11 heteroatoms. The smallest absolute Gasteiger partial charge is 0.317 e. The number of aliphatic carboxylic acids is 2. The van der Waals surface area contributed by atoms with Crippen LogP contribution in [0.3, 0.4) is 0 Å². The molecule has 11 nitrogen and oxygen atoms in total. The second-order valence-electron chi connectivity index (χ2n) is 6.12. The van der Waals surface area contributed by atoms with Gasteiger partial charge in [-0.05, 0) is 6.42 Å². The van der Waals surface area contributed by atoms with Crippen molar-refractivity contribution < 1.29 is 45.3 Å². The van der Waals surface area contributed by atoms with Crippen molar-refractivity contribution in [2.24, 2.45) is 5.92 Å². The van der Waals surface area contributed by atoms with E-state index in [0.717, 1.165) is 0 Å². The molecule has 0 bridgehead atoms. The Hall–Kier alpha value is -1.34. The maximum atomic E-state index is 10.8. The van der Waals surface area contributed by atoms with Gasteiger partial charge in [-0.25, -0.2) is 0 Å². The average molecular weight is 366 g/mol. The molecule has 0 aromatic rings. The molecule has 146 valence electrons. The van der Waals surface area contributed by atoms with Gasteiger partial charge in [0.05, 0.1) is 56.2 Å². The molecule has 1 saturated carbocycles. The lowest BCUT2D eigenvalue weighted by molar-refractivity contribution is -0.142. The molecule has 1 fully saturated rings. The standard InChI is InChI=1S/C14H26N2O9/c17-4-6(5-18)16-11-13(24)7(1-2-8(19)20)12(23)10(14(11)25)15-3-9(21)22/h6-7,10-18,23-25H,1-5H2,(H,19,20)(H,21,22)/t7-,10+,11-,12+,13-,14+/m0/s1. The van der Waals surface area contributed by atoms with Crippen molar-refractivity contribution in [3.63, 3.8) is 0 Å². The molecule has 0 radical (unpaired) electrons. The van der Waals surface area contributed by atoms with Gasteiger partial charge in [-0.2, -0.15) is 0 Å². The highest BCUT2D eigenvalue weighted by molar-refractivity contribution is 5.69. The quantitative estimate of drug-likeness (QED) is 0.182. The van der Waals surface area contributed by atoms with Crippen LogP contribution in [-0.2, 0) is 9.59 Å². The first-order chi connectivity index (χ1) is 11.7. The van der Waals surface area contributed by atoms with E-state index < -0.39 is 74.1 Å². The lowest BCUT2D eigenvalue weighted by Crippen LogP contribution is -2.70. The Bertz CT molecular complexity index is 414. The molecule has 0 aromatic heterocycles. The summed E-state index contributed by atoms with van der Waals surface area (Å²) >= 11 is 0. The van der Waals surface area contributed by atoms with Crippen molar-refractivity contribution in [1.82, 2.24) is 10.6 Å². The van der Waals surface area contributed by atoms with Crippen LogP contribution in [0.5, 0.6) is 0 Å². The highest BCUT2D eigenvalue weighted by atomic mass is 16.4. The first-order valence-electron chi connectivity index (χ1n) is 7.91. The summed E-state index contributed by atoms with van der Waals surface area (Å²) in [7, 11) is 0. The molecule has 0 spiro atoms. The summed E-state index contributed by atoms with van der Waals surface area (Å²) in [6.07, 6.45) is -4.63. The minimum absolute atomic E-state index is 0.100. The fraction of sp³-hybridized carbons (Fsp3) is 0.857. The summed E-state index contributed by atoms with van der Waals surface area (Å²) in [6, 6.07) is -3.11. The fourth-order valence-electron chi connectivity index (χ4n) is 3.07. The van der Waals surface area contributed by atoms with E-state index in [4.69, 9.17) is 20.4 Å². The number of carboxylic acid groups (broad SMARTS) is 2. The summed E-state index contributed by atoms with van der Waals surface area (Å²) in [4.78, 5) is 21.5. The zero-order chi connectivity index (χ0) is 19.1. The minimum atomic E-state index is -1.44. The number of rotatable bonds is 10. The summed E-state index contributed by atoms with van der Waals surface area (Å²) < 4.78 is 0. The van der Waals surface area contributed by atoms with Gasteiger partial charge in [0.2, 0.25) is 0 Å². The lowest BCUT2D eigenvalue weighted by Gasteiger charge is -2.47. The Labute approximate surface area is 143 Å². The molecule has 0 aliphatic heterocycles. The lowest BCUT2D eigenvalue weighted by atomic mass is 9.73. The van der Waals surface area contributed by atoms with E-state index in [1.807, 2.05) is 0 Å². The molecular formula is C14H26N2O9. The molecule has 0 heterocycles. The molecule has 1 aliphatic carbocycles. The molecule has 1 rings (SSSR count). The first-order valence-corrected chi connectivity index (χ1v) is 7.91. The van der Waals surface area contributed by atoms with Gasteiger partial charge < -0.3 is 41.1 Å². The molecule has 6 atom stereocenters. The van der Waals surface area contributed by atoms with Gasteiger partial charge in [0.1, 0.15) is 0 Å². The van der Waals surface area contributed by atoms with Crippen molar-refractivity contribution >= 4 is 11.9 Å². The molecule has 0 unspecified atom stereocenters. The van der Waals surface area contributed by atoms with Crippen LogP contribution in [0, 0.1) is 5.92 Å². The topological polar surface area (TPSA) is 200 Å². The van der Waals surface area contributed by atoms with Crippen molar-refractivity contribution in [3.8, 4) is 0 Å². The van der Waals surface area contributed by atoms with E-state index in [9.17, 15) is 24.9 Å². The van der Waals surface area contributed by atoms with E-state index in [0.29, 0.717) is 0 Å². The van der Waals surface area contributed by atoms with E-state index in [1.165, 1.54) is 0 Å². The third-order valence-corrected chi connectivity index (χ3v) is 4.40. The van der Waals surface area contributed by atoms with Crippen LogP contribution in [0.15, 0.2) is 0 Å². The van der Waals surface area contributed by atoms with Crippen LogP contribution >= 0.6 is 0 Å². The van der Waals surface area contributed by atoms with Crippen LogP contribution in [0.4, 0.5) is 0 Å². The molecule has 25 heavy (non-hydrogen) atoms. The van der Waals surface area contributed by atoms with Gasteiger partial charge in [-0.15, -0.1) is 0 Å². The zero-order valence-electron chi connectivity index (χ0n) is 13.5. The van der Waals surface area contributed by atoms with Crippen molar-refractivity contribution in [2.45, 2.75) is 49.3 Å². The number of carboxylic acids is 2. The highest BCUT2D eigenvalue weighted by Crippen LogP contribution is 2.30. The van der Waals surface area contributed by atoms with Crippen LogP contribution < -0.4 is 10.6 Å². The summed E-state index contributed by atoms with van der Waals surface area (Å²) in [5.74, 6) is -3.31. The zero-order valence-corrected chi connectivity index (χ0v) is 13.5. The highest BCUT2D eigenvalue weighted by Gasteiger charge is 2.49. The first kappa shape index (κ1) is 21.7. The van der Waals surface area contributed by atoms with E-state index in [-0.39, 0.29) is 12.8 Å². The van der Waals surface area contributed by atoms with Crippen LogP contribution in [-0.4, -0.2) is 104 Å². The second-order valence-corrected chi connectivity index (χ2v) is 6.12. The Kier molecular flexibility index (Phi) is 8.65. The Morgan fingerprint density at radius 2 is 1.44 bits per heavy atom. The minimum Gasteiger partial charge on any atom is -0.481 e. The molecule has 0 saturated heterocycles. The predicted octanol–water partition coefficient (Wildman–Crippen LogP) is -4.08. The normalized spacial score (nSPS) is 32.7. The second kappa shape index (κ2) is 9.97. The molecule has 9 N–H and O–H groups in total. The van der Waals surface area contributed by atoms with Gasteiger partial charge in [0, 0.05) is 12.3 Å². The van der Waals surface area contributed by atoms with Crippen molar-refractivity contribution in [3.05, 3.63) is 0 Å². The molecule has 0 amide bonds. The summed E-state index contributed by atoms with van der Waals surface area (Å²) in [6.45, 7) is -1.53. The number of hydrogen-bond acceptors (Lipinski definition) is 9. The number of carbonyl (C=O) groups is 2. The summed E-state index contributed by atoms with van der Waals surface area (Å²) in [5.41, 5.74) is 0. The van der Waals surface area contributed by atoms with Crippen LogP contribution in [0.25, 0.3) is 0 Å². The maximum absolute atomic E-state index is 10.8. The van der Waals surface area contributed by atoms with Crippen LogP contribution in [0.1, 0.15) is 12.8 Å². The maximum Gasteiger partial charge on any atom is 0.317 e. The van der Waals surface area contributed by atoms with Gasteiger partial charge in [0.25, 0.3) is 0 Å². The molecule has 0 aromatic carbocycles. The Balaban J connectivity index is 2.99. The number of hydrogen-bond donors (Lipinski definition) is 9. The third kappa shape index (κ3) is 5.85. The summed E-state index contributed by atoms with van der Waals surface area (Å²) in [5, 5.41) is 72.2. The monoisotopic (exact) mass is 366 g/mol. The number of aliphatic hydroxyl groups is 5. The predicted molar refractivity (Wildman–Crippen MR) is 82.7 cm³/mol. The SMILES string of the molecule is O=C(O)CC[C@H]1[C@@H](O)[C@@H](NCC(=O)O)[C@@H](O)[C@@H](NC(CO)CO)[C@H]1O. The fourth-order valence-corrected chi connectivity index (χ4v) is 3.07. The van der Waals surface area contributed by atoms with Gasteiger partial charge in [0.15, 0.2) is 0 Å². The van der Waals surface area contributed by atoms with Gasteiger partial charge >= 0.3 is 11.9 Å². The van der Waals surface area contributed by atoms with Crippen molar-refractivity contribution in [2.75, 3.05) is 19.8 Å². The number of nitrogens with one attached hydrogen (secondary N) is 2. The van der Waals surface area contributed by atoms with E-state index >= 15 is 0 Å². The third-order valence-electron chi connectivity index (χ3n) is 4.40. The largest absolute Gasteiger partial charge is 0.481 e. The molecule has 1 aliphatic rings. The van der Waals surface area contributed by atoms with Crippen LogP contribution in [0.2, 0.25) is 0 Å². The number of aliphatic hydroxyl groups excluding tert-OH is 5. The van der Waals surface area contributed by atoms with E-state index in [2.05, 4.69) is 10.6 Å².